The van der Waals surface area contributed by atoms with Crippen LogP contribution in [0, 0.1) is 0 Å². The maximum atomic E-state index is 5.99. The predicted octanol–water partition coefficient (Wildman–Crippen LogP) is 3.07. The molecule has 0 saturated heterocycles. The molecule has 0 amide bonds. The Bertz CT molecular complexity index is 662. The van der Waals surface area contributed by atoms with Gasteiger partial charge in [-0.2, -0.15) is 0 Å². The maximum Gasteiger partial charge on any atom is 0.193 e. The number of benzene rings is 1. The Hall–Kier alpha value is -2.01. The lowest BCUT2D eigenvalue weighted by Gasteiger charge is -2.24. The number of aliphatic imine (C=N–C) groups is 1. The van der Waals surface area contributed by atoms with Crippen molar-refractivity contribution in [1.82, 2.24) is 15.4 Å². The van der Waals surface area contributed by atoms with Crippen LogP contribution >= 0.6 is 11.6 Å². The summed E-state index contributed by atoms with van der Waals surface area (Å²) in [4.78, 5) is 6.40. The molecule has 1 aromatic heterocycles. The zero-order chi connectivity index (χ0) is 16.3. The second-order valence-electron chi connectivity index (χ2n) is 6.03. The number of hydrogen-bond donors (Lipinski definition) is 1. The fraction of sp³-hybridized carbons (Fsp3) is 0.412. The number of nitrogens with one attached hydrogen (secondary N) is 1. The lowest BCUT2D eigenvalue weighted by atomic mass is 9.96. The van der Waals surface area contributed by atoms with E-state index in [9.17, 15) is 0 Å². The summed E-state index contributed by atoms with van der Waals surface area (Å²) in [6, 6.07) is 10.0. The molecule has 6 heteroatoms. The van der Waals surface area contributed by atoms with Gasteiger partial charge in [-0.05, 0) is 30.5 Å². The van der Waals surface area contributed by atoms with E-state index in [2.05, 4.69) is 27.6 Å². The van der Waals surface area contributed by atoms with Crippen molar-refractivity contribution in [3.63, 3.8) is 0 Å². The highest BCUT2D eigenvalue weighted by molar-refractivity contribution is 6.30. The first-order valence-electron chi connectivity index (χ1n) is 7.70. The third-order valence-electron chi connectivity index (χ3n) is 4.36. The van der Waals surface area contributed by atoms with Crippen molar-refractivity contribution < 1.29 is 4.52 Å². The summed E-state index contributed by atoms with van der Waals surface area (Å²) in [6.07, 6.45) is 3.95. The number of rotatable bonds is 5. The highest BCUT2D eigenvalue weighted by Crippen LogP contribution is 2.47. The molecular formula is C17H21ClN4O. The molecule has 1 saturated carbocycles. The van der Waals surface area contributed by atoms with Gasteiger partial charge in [-0.1, -0.05) is 28.9 Å². The van der Waals surface area contributed by atoms with Crippen LogP contribution in [0.1, 0.15) is 24.1 Å². The Morgan fingerprint density at radius 3 is 2.65 bits per heavy atom. The zero-order valence-corrected chi connectivity index (χ0v) is 14.2. The van der Waals surface area contributed by atoms with Gasteiger partial charge in [0, 0.05) is 37.1 Å². The van der Waals surface area contributed by atoms with E-state index in [0.29, 0.717) is 6.54 Å². The summed E-state index contributed by atoms with van der Waals surface area (Å²) in [6.45, 7) is 1.52. The van der Waals surface area contributed by atoms with Crippen LogP contribution in [0.25, 0.3) is 0 Å². The van der Waals surface area contributed by atoms with E-state index in [-0.39, 0.29) is 5.41 Å². The first kappa shape index (κ1) is 15.9. The van der Waals surface area contributed by atoms with E-state index in [4.69, 9.17) is 16.1 Å². The summed E-state index contributed by atoms with van der Waals surface area (Å²) >= 11 is 5.99. The molecule has 1 aliphatic rings. The number of hydrogen-bond acceptors (Lipinski definition) is 3. The van der Waals surface area contributed by atoms with Gasteiger partial charge < -0.3 is 14.7 Å². The predicted molar refractivity (Wildman–Crippen MR) is 91.7 cm³/mol. The lowest BCUT2D eigenvalue weighted by Crippen LogP contribution is -2.42. The molecule has 1 aliphatic carbocycles. The number of halogens is 1. The third-order valence-corrected chi connectivity index (χ3v) is 4.61. The molecule has 1 aromatic carbocycles. The van der Waals surface area contributed by atoms with Crippen LogP contribution in [0.5, 0.6) is 0 Å². The summed E-state index contributed by atoms with van der Waals surface area (Å²) < 4.78 is 4.87. The van der Waals surface area contributed by atoms with Crippen molar-refractivity contribution in [1.29, 1.82) is 0 Å². The fourth-order valence-corrected chi connectivity index (χ4v) is 2.92. The minimum atomic E-state index is 0.204. The second-order valence-corrected chi connectivity index (χ2v) is 6.47. The van der Waals surface area contributed by atoms with E-state index in [0.717, 1.165) is 23.2 Å². The van der Waals surface area contributed by atoms with Crippen molar-refractivity contribution in [2.45, 2.75) is 24.8 Å². The van der Waals surface area contributed by atoms with Crippen LogP contribution in [-0.4, -0.2) is 36.7 Å². The smallest absolute Gasteiger partial charge is 0.193 e. The van der Waals surface area contributed by atoms with Gasteiger partial charge in [0.15, 0.2) is 5.96 Å². The molecule has 23 heavy (non-hydrogen) atoms. The average Bonchev–Trinajstić information content (AvgIpc) is 3.16. The van der Waals surface area contributed by atoms with Crippen LogP contribution < -0.4 is 5.32 Å². The van der Waals surface area contributed by atoms with E-state index < -0.39 is 0 Å². The van der Waals surface area contributed by atoms with Crippen molar-refractivity contribution in [3.05, 3.63) is 52.9 Å². The second kappa shape index (κ2) is 6.62. The minimum Gasteiger partial charge on any atom is -0.364 e. The Kier molecular flexibility index (Phi) is 4.57. The van der Waals surface area contributed by atoms with Gasteiger partial charge in [0.2, 0.25) is 0 Å². The molecule has 5 nitrogen and oxygen atoms in total. The molecule has 2 aromatic rings. The fourth-order valence-electron chi connectivity index (χ4n) is 2.79. The molecule has 0 spiro atoms. The van der Waals surface area contributed by atoms with Crippen LogP contribution in [0.4, 0.5) is 0 Å². The van der Waals surface area contributed by atoms with E-state index in [1.807, 2.05) is 30.1 Å². The van der Waals surface area contributed by atoms with Crippen molar-refractivity contribution in [2.24, 2.45) is 4.99 Å². The van der Waals surface area contributed by atoms with Crippen LogP contribution in [0.15, 0.2) is 46.1 Å². The Morgan fingerprint density at radius 1 is 1.35 bits per heavy atom. The molecule has 0 bridgehead atoms. The molecule has 3 rings (SSSR count). The molecule has 122 valence electrons. The standard InChI is InChI=1S/C17H21ClN4O/c1-19-16(22(2)11-15-7-10-23-21-15)20-12-17(8-9-17)13-3-5-14(18)6-4-13/h3-7,10H,8-9,11-12H2,1-2H3,(H,19,20). The molecule has 0 atom stereocenters. The van der Waals surface area contributed by atoms with Gasteiger partial charge >= 0.3 is 0 Å². The average molecular weight is 333 g/mol. The van der Waals surface area contributed by atoms with Gasteiger partial charge in [0.25, 0.3) is 0 Å². The van der Waals surface area contributed by atoms with Crippen molar-refractivity contribution >= 4 is 17.6 Å². The molecule has 1 heterocycles. The SMILES string of the molecule is CN=C(NCC1(c2ccc(Cl)cc2)CC1)N(C)Cc1ccon1. The van der Waals surface area contributed by atoms with E-state index >= 15 is 0 Å². The lowest BCUT2D eigenvalue weighted by molar-refractivity contribution is 0.390. The largest absolute Gasteiger partial charge is 0.364 e. The van der Waals surface area contributed by atoms with Crippen LogP contribution in [-0.2, 0) is 12.0 Å². The normalized spacial score (nSPS) is 16.2. The molecule has 0 aliphatic heterocycles. The summed E-state index contributed by atoms with van der Waals surface area (Å²) in [5.74, 6) is 0.855. The molecule has 0 radical (unpaired) electrons. The van der Waals surface area contributed by atoms with Crippen LogP contribution in [0.3, 0.4) is 0 Å². The maximum absolute atomic E-state index is 5.99. The topological polar surface area (TPSA) is 53.7 Å². The highest BCUT2D eigenvalue weighted by Gasteiger charge is 2.44. The molecule has 0 unspecified atom stereocenters. The number of guanidine groups is 1. The first-order chi connectivity index (χ1) is 11.1. The van der Waals surface area contributed by atoms with Crippen molar-refractivity contribution in [2.75, 3.05) is 20.6 Å². The summed E-state index contributed by atoms with van der Waals surface area (Å²) in [5, 5.41) is 8.20. The number of nitrogens with zero attached hydrogens (tertiary/aromatic N) is 3. The van der Waals surface area contributed by atoms with E-state index in [1.54, 1.807) is 13.3 Å². The molecule has 1 fully saturated rings. The van der Waals surface area contributed by atoms with Crippen molar-refractivity contribution in [3.8, 4) is 0 Å². The Morgan fingerprint density at radius 2 is 2.09 bits per heavy atom. The van der Waals surface area contributed by atoms with Gasteiger partial charge in [0.1, 0.15) is 12.0 Å². The van der Waals surface area contributed by atoms with Gasteiger partial charge in [0.05, 0.1) is 6.54 Å². The van der Waals surface area contributed by atoms with Gasteiger partial charge in [-0.25, -0.2) is 0 Å². The summed E-state index contributed by atoms with van der Waals surface area (Å²) in [7, 11) is 3.79. The van der Waals surface area contributed by atoms with Gasteiger partial charge in [-0.3, -0.25) is 4.99 Å². The first-order valence-corrected chi connectivity index (χ1v) is 8.08. The quantitative estimate of drug-likeness (QED) is 0.675. The molecular weight excluding hydrogens is 312 g/mol. The zero-order valence-electron chi connectivity index (χ0n) is 13.4. The van der Waals surface area contributed by atoms with Crippen LogP contribution in [0.2, 0.25) is 5.02 Å². The number of aromatic nitrogens is 1. The monoisotopic (exact) mass is 332 g/mol. The highest BCUT2D eigenvalue weighted by atomic mass is 35.5. The summed E-state index contributed by atoms with van der Waals surface area (Å²) in [5.41, 5.74) is 2.42. The molecule has 1 N–H and O–H groups in total. The van der Waals surface area contributed by atoms with Gasteiger partial charge in [-0.15, -0.1) is 0 Å². The minimum absolute atomic E-state index is 0.204. The Labute approximate surface area is 141 Å². The third kappa shape index (κ3) is 3.67. The Balaban J connectivity index is 1.60. The van der Waals surface area contributed by atoms with E-state index in [1.165, 1.54) is 18.4 Å².